The van der Waals surface area contributed by atoms with E-state index in [-0.39, 0.29) is 17.1 Å². The predicted molar refractivity (Wildman–Crippen MR) is 108 cm³/mol. The second kappa shape index (κ2) is 6.96. The standard InChI is InChI=1S/C23H30O6/c1-21(2)18(24)15(19(25)22(3,4)20(21)26)16-17(29-12-11-23(16,5)27)13-7-9-14(28-6)10-8-13/h7-10,16-17,24,27H,11-12H2,1-6H3/t16-,17-,23+/m0/s1. The van der Waals surface area contributed by atoms with Gasteiger partial charge in [-0.15, -0.1) is 0 Å². The van der Waals surface area contributed by atoms with E-state index < -0.39 is 34.2 Å². The van der Waals surface area contributed by atoms with Crippen molar-refractivity contribution in [3.8, 4) is 5.75 Å². The number of carbonyl (C=O) groups is 2. The van der Waals surface area contributed by atoms with Crippen LogP contribution in [0.3, 0.4) is 0 Å². The molecule has 1 saturated heterocycles. The van der Waals surface area contributed by atoms with Crippen LogP contribution in [0.2, 0.25) is 0 Å². The SMILES string of the molecule is COc1ccc([C@@H]2OCC[C@@](C)(O)[C@H]2C2=C(O)C(C)(C)C(=O)C(C)(C)C2=O)cc1. The van der Waals surface area contributed by atoms with Gasteiger partial charge < -0.3 is 19.7 Å². The molecule has 1 aliphatic carbocycles. The summed E-state index contributed by atoms with van der Waals surface area (Å²) in [6.07, 6.45) is -0.339. The smallest absolute Gasteiger partial charge is 0.175 e. The van der Waals surface area contributed by atoms with Crippen LogP contribution in [0, 0.1) is 16.7 Å². The molecule has 0 bridgehead atoms. The van der Waals surface area contributed by atoms with E-state index in [0.29, 0.717) is 18.8 Å². The summed E-state index contributed by atoms with van der Waals surface area (Å²) in [5, 5.41) is 22.3. The van der Waals surface area contributed by atoms with Crippen LogP contribution < -0.4 is 4.74 Å². The Kier molecular flexibility index (Phi) is 5.16. The van der Waals surface area contributed by atoms with Crippen LogP contribution in [-0.2, 0) is 14.3 Å². The molecule has 158 valence electrons. The number of aliphatic hydroxyl groups excluding tert-OH is 1. The Labute approximate surface area is 171 Å². The molecular weight excluding hydrogens is 372 g/mol. The molecule has 2 N–H and O–H groups in total. The number of aliphatic hydroxyl groups is 2. The summed E-state index contributed by atoms with van der Waals surface area (Å²) in [5.41, 5.74) is -2.98. The molecule has 6 nitrogen and oxygen atoms in total. The van der Waals surface area contributed by atoms with Crippen molar-refractivity contribution < 1.29 is 29.3 Å². The minimum atomic E-state index is -1.30. The maximum atomic E-state index is 13.4. The molecule has 1 aromatic carbocycles. The second-order valence-corrected chi connectivity index (χ2v) is 9.32. The molecule has 0 saturated carbocycles. The Balaban J connectivity index is 2.20. The molecule has 0 aromatic heterocycles. The first kappa shape index (κ1) is 21.5. The van der Waals surface area contributed by atoms with Gasteiger partial charge in [0.25, 0.3) is 0 Å². The number of hydrogen-bond acceptors (Lipinski definition) is 6. The van der Waals surface area contributed by atoms with Crippen molar-refractivity contribution in [1.29, 1.82) is 0 Å². The van der Waals surface area contributed by atoms with Gasteiger partial charge in [0.15, 0.2) is 11.6 Å². The molecule has 2 aliphatic rings. The van der Waals surface area contributed by atoms with Crippen molar-refractivity contribution in [2.45, 2.75) is 52.7 Å². The zero-order chi connectivity index (χ0) is 21.8. The molecule has 1 aliphatic heterocycles. The van der Waals surface area contributed by atoms with E-state index in [4.69, 9.17) is 9.47 Å². The van der Waals surface area contributed by atoms with Gasteiger partial charge in [-0.05, 0) is 58.7 Å². The summed E-state index contributed by atoms with van der Waals surface area (Å²) in [5.74, 6) is -1.22. The van der Waals surface area contributed by atoms with Gasteiger partial charge in [-0.3, -0.25) is 9.59 Å². The average Bonchev–Trinajstić information content (AvgIpc) is 2.67. The highest BCUT2D eigenvalue weighted by atomic mass is 16.5. The number of benzene rings is 1. The lowest BCUT2D eigenvalue weighted by Crippen LogP contribution is -2.54. The Bertz CT molecular complexity index is 860. The summed E-state index contributed by atoms with van der Waals surface area (Å²) in [4.78, 5) is 26.3. The van der Waals surface area contributed by atoms with Crippen LogP contribution >= 0.6 is 0 Å². The van der Waals surface area contributed by atoms with Crippen LogP contribution in [0.4, 0.5) is 0 Å². The van der Waals surface area contributed by atoms with E-state index in [1.165, 1.54) is 0 Å². The van der Waals surface area contributed by atoms with Gasteiger partial charge in [0.2, 0.25) is 0 Å². The predicted octanol–water partition coefficient (Wildman–Crippen LogP) is 3.54. The van der Waals surface area contributed by atoms with Crippen molar-refractivity contribution in [1.82, 2.24) is 0 Å². The number of ether oxygens (including phenoxy) is 2. The maximum Gasteiger partial charge on any atom is 0.175 e. The van der Waals surface area contributed by atoms with E-state index in [9.17, 15) is 19.8 Å². The van der Waals surface area contributed by atoms with Crippen molar-refractivity contribution in [2.75, 3.05) is 13.7 Å². The Morgan fingerprint density at radius 2 is 1.62 bits per heavy atom. The lowest BCUT2D eigenvalue weighted by molar-refractivity contribution is -0.154. The number of Topliss-reactive ketones (excluding diaryl/α,β-unsaturated/α-hetero) is 2. The number of methoxy groups -OCH3 is 1. The molecule has 0 radical (unpaired) electrons. The fourth-order valence-electron chi connectivity index (χ4n) is 4.58. The largest absolute Gasteiger partial charge is 0.511 e. The van der Waals surface area contributed by atoms with Crippen molar-refractivity contribution in [3.63, 3.8) is 0 Å². The Morgan fingerprint density at radius 3 is 2.17 bits per heavy atom. The first-order valence-corrected chi connectivity index (χ1v) is 9.87. The Morgan fingerprint density at radius 1 is 1.03 bits per heavy atom. The molecule has 3 atom stereocenters. The summed E-state index contributed by atoms with van der Waals surface area (Å²) < 4.78 is 11.2. The summed E-state index contributed by atoms with van der Waals surface area (Å²) >= 11 is 0. The van der Waals surface area contributed by atoms with E-state index in [0.717, 1.165) is 5.56 Å². The van der Waals surface area contributed by atoms with Crippen LogP contribution in [0.15, 0.2) is 35.6 Å². The summed E-state index contributed by atoms with van der Waals surface area (Å²) in [7, 11) is 1.57. The third-order valence-electron chi connectivity index (χ3n) is 6.43. The summed E-state index contributed by atoms with van der Waals surface area (Å²) in [6.45, 7) is 8.34. The second-order valence-electron chi connectivity index (χ2n) is 9.32. The molecule has 29 heavy (non-hydrogen) atoms. The molecule has 0 spiro atoms. The third-order valence-corrected chi connectivity index (χ3v) is 6.43. The highest BCUT2D eigenvalue weighted by molar-refractivity contribution is 6.19. The Hall–Kier alpha value is -2.18. The van der Waals surface area contributed by atoms with Crippen LogP contribution in [-0.4, -0.2) is 41.1 Å². The average molecular weight is 402 g/mol. The van der Waals surface area contributed by atoms with Gasteiger partial charge in [0.1, 0.15) is 11.5 Å². The zero-order valence-electron chi connectivity index (χ0n) is 17.9. The molecule has 1 heterocycles. The van der Waals surface area contributed by atoms with Gasteiger partial charge in [-0.2, -0.15) is 0 Å². The van der Waals surface area contributed by atoms with Crippen molar-refractivity contribution in [3.05, 3.63) is 41.2 Å². The first-order valence-electron chi connectivity index (χ1n) is 9.87. The van der Waals surface area contributed by atoms with Gasteiger partial charge in [-0.25, -0.2) is 0 Å². The monoisotopic (exact) mass is 402 g/mol. The highest BCUT2D eigenvalue weighted by Crippen LogP contribution is 2.52. The number of allylic oxidation sites excluding steroid dienone is 1. The van der Waals surface area contributed by atoms with Gasteiger partial charge in [0, 0.05) is 11.5 Å². The lowest BCUT2D eigenvalue weighted by atomic mass is 9.58. The van der Waals surface area contributed by atoms with E-state index in [2.05, 4.69) is 0 Å². The van der Waals surface area contributed by atoms with Gasteiger partial charge in [0.05, 0.1) is 36.3 Å². The fourth-order valence-corrected chi connectivity index (χ4v) is 4.58. The molecule has 6 heteroatoms. The van der Waals surface area contributed by atoms with Crippen molar-refractivity contribution >= 4 is 11.6 Å². The highest BCUT2D eigenvalue weighted by Gasteiger charge is 2.58. The fraction of sp³-hybridized carbons (Fsp3) is 0.565. The number of hydrogen-bond donors (Lipinski definition) is 2. The molecule has 3 rings (SSSR count). The molecular formula is C23H30O6. The summed E-state index contributed by atoms with van der Waals surface area (Å²) in [6, 6.07) is 7.22. The quantitative estimate of drug-likeness (QED) is 0.751. The van der Waals surface area contributed by atoms with Crippen LogP contribution in [0.1, 0.15) is 52.7 Å². The molecule has 0 amide bonds. The lowest BCUT2D eigenvalue weighted by Gasteiger charge is -2.48. The minimum absolute atomic E-state index is 0.0881. The van der Waals surface area contributed by atoms with E-state index in [1.807, 2.05) is 12.1 Å². The van der Waals surface area contributed by atoms with E-state index >= 15 is 0 Å². The number of rotatable bonds is 3. The van der Waals surface area contributed by atoms with Gasteiger partial charge in [-0.1, -0.05) is 12.1 Å². The van der Waals surface area contributed by atoms with Crippen molar-refractivity contribution in [2.24, 2.45) is 16.7 Å². The topological polar surface area (TPSA) is 93.1 Å². The van der Waals surface area contributed by atoms with Crippen LogP contribution in [0.25, 0.3) is 0 Å². The van der Waals surface area contributed by atoms with Crippen LogP contribution in [0.5, 0.6) is 5.75 Å². The van der Waals surface area contributed by atoms with Gasteiger partial charge >= 0.3 is 0 Å². The molecule has 0 unspecified atom stereocenters. The van der Waals surface area contributed by atoms with E-state index in [1.54, 1.807) is 53.9 Å². The number of ketones is 2. The maximum absolute atomic E-state index is 13.4. The minimum Gasteiger partial charge on any atom is -0.511 e. The third kappa shape index (κ3) is 3.28. The zero-order valence-corrected chi connectivity index (χ0v) is 17.9. The first-order chi connectivity index (χ1) is 13.4. The number of carbonyl (C=O) groups excluding carboxylic acids is 2. The molecule has 1 fully saturated rings. The molecule has 1 aromatic rings. The normalized spacial score (nSPS) is 31.7.